The van der Waals surface area contributed by atoms with Crippen molar-refractivity contribution in [3.63, 3.8) is 0 Å². The molecule has 146 valence electrons. The second kappa shape index (κ2) is 8.75. The maximum Gasteiger partial charge on any atom is 0.288 e. The Bertz CT molecular complexity index is 951. The van der Waals surface area contributed by atoms with Crippen LogP contribution in [0.4, 0.5) is 4.39 Å². The molecule has 0 aliphatic heterocycles. The molecule has 0 aliphatic rings. The van der Waals surface area contributed by atoms with Crippen molar-refractivity contribution >= 4 is 5.91 Å². The van der Waals surface area contributed by atoms with Crippen molar-refractivity contribution in [1.82, 2.24) is 14.8 Å². The van der Waals surface area contributed by atoms with Gasteiger partial charge in [0.1, 0.15) is 5.82 Å². The predicted octanol–water partition coefficient (Wildman–Crippen LogP) is 3.74. The van der Waals surface area contributed by atoms with E-state index in [2.05, 4.69) is 23.9 Å². The summed E-state index contributed by atoms with van der Waals surface area (Å²) in [6.45, 7) is 5.53. The lowest BCUT2D eigenvalue weighted by Crippen LogP contribution is -2.13. The number of carbonyl (C=O) groups is 1. The van der Waals surface area contributed by atoms with E-state index < -0.39 is 11.7 Å². The van der Waals surface area contributed by atoms with Gasteiger partial charge < -0.3 is 10.5 Å². The first kappa shape index (κ1) is 19.7. The molecule has 2 aromatic carbocycles. The zero-order valence-electron chi connectivity index (χ0n) is 15.9. The number of nitrogens with zero attached hydrogens (tertiary/aromatic N) is 3. The third-order valence-electron chi connectivity index (χ3n) is 4.23. The molecular formula is C21H23FN4O2. The van der Waals surface area contributed by atoms with Gasteiger partial charge in [-0.1, -0.05) is 38.1 Å². The summed E-state index contributed by atoms with van der Waals surface area (Å²) in [4.78, 5) is 15.7. The highest BCUT2D eigenvalue weighted by molar-refractivity contribution is 5.89. The Labute approximate surface area is 163 Å². The number of carbonyl (C=O) groups excluding carboxylic acids is 1. The minimum Gasteiger partial charge on any atom is -0.377 e. The summed E-state index contributed by atoms with van der Waals surface area (Å²) in [6, 6.07) is 13.6. The van der Waals surface area contributed by atoms with Crippen LogP contribution in [0.3, 0.4) is 0 Å². The fraction of sp³-hybridized carbons (Fsp3) is 0.286. The van der Waals surface area contributed by atoms with Crippen molar-refractivity contribution < 1.29 is 13.9 Å². The molecule has 0 atom stereocenters. The van der Waals surface area contributed by atoms with Crippen LogP contribution >= 0.6 is 0 Å². The first-order chi connectivity index (χ1) is 13.5. The Kier molecular flexibility index (Phi) is 6.16. The summed E-state index contributed by atoms with van der Waals surface area (Å²) in [7, 11) is 0. The van der Waals surface area contributed by atoms with Crippen molar-refractivity contribution in [1.29, 1.82) is 0 Å². The highest BCUT2D eigenvalue weighted by Gasteiger charge is 2.19. The van der Waals surface area contributed by atoms with Crippen LogP contribution in [0.15, 0.2) is 48.5 Å². The fourth-order valence-corrected chi connectivity index (χ4v) is 2.66. The molecule has 0 aliphatic carbocycles. The average molecular weight is 382 g/mol. The van der Waals surface area contributed by atoms with Gasteiger partial charge in [0, 0.05) is 6.61 Å². The molecule has 3 aromatic rings. The van der Waals surface area contributed by atoms with Crippen molar-refractivity contribution in [2.45, 2.75) is 26.9 Å². The zero-order valence-corrected chi connectivity index (χ0v) is 15.9. The zero-order chi connectivity index (χ0) is 20.1. The third kappa shape index (κ3) is 4.61. The molecular weight excluding hydrogens is 359 g/mol. The minimum absolute atomic E-state index is 0.167. The number of primary amides is 1. The number of hydrogen-bond donors (Lipinski definition) is 1. The van der Waals surface area contributed by atoms with E-state index in [1.165, 1.54) is 10.7 Å². The Balaban J connectivity index is 1.86. The molecule has 2 N–H and O–H groups in total. The van der Waals surface area contributed by atoms with E-state index in [-0.39, 0.29) is 17.2 Å². The molecule has 0 spiro atoms. The van der Waals surface area contributed by atoms with Crippen LogP contribution in [0, 0.1) is 11.7 Å². The van der Waals surface area contributed by atoms with E-state index in [9.17, 15) is 9.18 Å². The third-order valence-corrected chi connectivity index (χ3v) is 4.23. The molecule has 0 unspecified atom stereocenters. The van der Waals surface area contributed by atoms with Crippen molar-refractivity contribution in [3.8, 4) is 17.1 Å². The topological polar surface area (TPSA) is 83.0 Å². The summed E-state index contributed by atoms with van der Waals surface area (Å²) in [5.41, 5.74) is 7.21. The highest BCUT2D eigenvalue weighted by atomic mass is 19.1. The Hall–Kier alpha value is -3.06. The van der Waals surface area contributed by atoms with Crippen molar-refractivity contribution in [2.24, 2.45) is 11.7 Å². The molecule has 0 saturated heterocycles. The van der Waals surface area contributed by atoms with Crippen LogP contribution in [0.1, 0.15) is 36.5 Å². The molecule has 0 bridgehead atoms. The van der Waals surface area contributed by atoms with Crippen LogP contribution < -0.4 is 5.73 Å². The molecule has 6 nitrogen and oxygen atoms in total. The number of rotatable bonds is 8. The SMILES string of the molecule is CC(C)CCOCc1ccc(-n2nc(C(N)=O)nc2-c2ccccc2F)cc1. The molecule has 28 heavy (non-hydrogen) atoms. The maximum absolute atomic E-state index is 14.3. The lowest BCUT2D eigenvalue weighted by molar-refractivity contribution is 0.0990. The second-order valence-electron chi connectivity index (χ2n) is 6.92. The predicted molar refractivity (Wildman–Crippen MR) is 104 cm³/mol. The van der Waals surface area contributed by atoms with Crippen molar-refractivity contribution in [2.75, 3.05) is 6.61 Å². The minimum atomic E-state index is -0.772. The van der Waals surface area contributed by atoms with Gasteiger partial charge in [-0.05, 0) is 42.2 Å². The molecule has 3 rings (SSSR count). The Morgan fingerprint density at radius 1 is 1.18 bits per heavy atom. The Morgan fingerprint density at radius 3 is 2.54 bits per heavy atom. The average Bonchev–Trinajstić information content (AvgIpc) is 3.11. The van der Waals surface area contributed by atoms with Gasteiger partial charge in [-0.2, -0.15) is 0 Å². The van der Waals surface area contributed by atoms with Gasteiger partial charge >= 0.3 is 0 Å². The first-order valence-electron chi connectivity index (χ1n) is 9.14. The van der Waals surface area contributed by atoms with E-state index in [0.29, 0.717) is 24.8 Å². The lowest BCUT2D eigenvalue weighted by atomic mass is 10.1. The molecule has 0 fully saturated rings. The number of hydrogen-bond acceptors (Lipinski definition) is 4. The number of amides is 1. The number of halogens is 1. The van der Waals surface area contributed by atoms with E-state index in [4.69, 9.17) is 10.5 Å². The van der Waals surface area contributed by atoms with Gasteiger partial charge in [0.25, 0.3) is 5.91 Å². The van der Waals surface area contributed by atoms with Gasteiger partial charge in [0.2, 0.25) is 5.82 Å². The second-order valence-corrected chi connectivity index (χ2v) is 6.92. The summed E-state index contributed by atoms with van der Waals surface area (Å²) < 4.78 is 21.4. The van der Waals surface area contributed by atoms with Crippen LogP contribution in [-0.2, 0) is 11.3 Å². The highest BCUT2D eigenvalue weighted by Crippen LogP contribution is 2.24. The van der Waals surface area contributed by atoms with E-state index in [1.54, 1.807) is 18.2 Å². The number of benzene rings is 2. The van der Waals surface area contributed by atoms with Crippen LogP contribution in [0.25, 0.3) is 17.1 Å². The number of ether oxygens (including phenoxy) is 1. The maximum atomic E-state index is 14.3. The smallest absolute Gasteiger partial charge is 0.288 e. The molecule has 0 radical (unpaired) electrons. The normalized spacial score (nSPS) is 11.1. The van der Waals surface area contributed by atoms with Crippen LogP contribution in [-0.4, -0.2) is 27.3 Å². The van der Waals surface area contributed by atoms with Gasteiger partial charge in [-0.3, -0.25) is 4.79 Å². The molecule has 1 aromatic heterocycles. The van der Waals surface area contributed by atoms with E-state index >= 15 is 0 Å². The summed E-state index contributed by atoms with van der Waals surface area (Å²) in [6.07, 6.45) is 1.01. The van der Waals surface area contributed by atoms with Gasteiger partial charge in [0.15, 0.2) is 5.82 Å². The number of aromatic nitrogens is 3. The quantitative estimate of drug-likeness (QED) is 0.602. The van der Waals surface area contributed by atoms with E-state index in [0.717, 1.165) is 12.0 Å². The van der Waals surface area contributed by atoms with Crippen molar-refractivity contribution in [3.05, 3.63) is 65.7 Å². The van der Waals surface area contributed by atoms with Gasteiger partial charge in [-0.25, -0.2) is 14.1 Å². The largest absolute Gasteiger partial charge is 0.377 e. The van der Waals surface area contributed by atoms with Crippen LogP contribution in [0.5, 0.6) is 0 Å². The fourth-order valence-electron chi connectivity index (χ4n) is 2.66. The van der Waals surface area contributed by atoms with Gasteiger partial charge in [0.05, 0.1) is 17.9 Å². The molecule has 1 amide bonds. The Morgan fingerprint density at radius 2 is 1.89 bits per heavy atom. The first-order valence-corrected chi connectivity index (χ1v) is 9.14. The summed E-state index contributed by atoms with van der Waals surface area (Å²) in [5.74, 6) is -0.577. The number of nitrogens with two attached hydrogens (primary N) is 1. The summed E-state index contributed by atoms with van der Waals surface area (Å²) in [5, 5.41) is 4.16. The summed E-state index contributed by atoms with van der Waals surface area (Å²) >= 11 is 0. The molecule has 0 saturated carbocycles. The van der Waals surface area contributed by atoms with Gasteiger partial charge in [-0.15, -0.1) is 5.10 Å². The molecule has 1 heterocycles. The van der Waals surface area contributed by atoms with Crippen LogP contribution in [0.2, 0.25) is 0 Å². The lowest BCUT2D eigenvalue weighted by Gasteiger charge is -2.09. The monoisotopic (exact) mass is 382 g/mol. The standard InChI is InChI=1S/C21H23FN4O2/c1-14(2)11-12-28-13-15-7-9-16(10-8-15)26-21(24-20(25-26)19(23)27)17-5-3-4-6-18(17)22/h3-10,14H,11-13H2,1-2H3,(H2,23,27). The van der Waals surface area contributed by atoms with E-state index in [1.807, 2.05) is 24.3 Å². The molecule has 7 heteroatoms.